The number of ether oxygens (including phenoxy) is 1. The van der Waals surface area contributed by atoms with E-state index in [9.17, 15) is 4.79 Å². The normalized spacial score (nSPS) is 24.0. The third-order valence-corrected chi connectivity index (χ3v) is 1.94. The lowest BCUT2D eigenvalue weighted by atomic mass is 10.2. The molecule has 70 valence electrons. The Hall–Kier alpha value is -0.770. The first-order chi connectivity index (χ1) is 5.77. The first-order valence-corrected chi connectivity index (χ1v) is 4.34. The van der Waals surface area contributed by atoms with Gasteiger partial charge in [-0.3, -0.25) is 0 Å². The van der Waals surface area contributed by atoms with Crippen molar-refractivity contribution in [2.75, 3.05) is 19.7 Å². The van der Waals surface area contributed by atoms with Crippen molar-refractivity contribution in [2.45, 2.75) is 25.9 Å². The molecule has 1 saturated heterocycles. The Balaban J connectivity index is 2.37. The third-order valence-electron chi connectivity index (χ3n) is 1.94. The number of aliphatic hydroxyl groups excluding tert-OH is 1. The number of carbonyl (C=O) groups is 1. The fourth-order valence-corrected chi connectivity index (χ4v) is 1.27. The highest BCUT2D eigenvalue weighted by atomic mass is 16.6. The highest BCUT2D eigenvalue weighted by Gasteiger charge is 2.25. The molecule has 4 nitrogen and oxygen atoms in total. The number of hydrogen-bond acceptors (Lipinski definition) is 3. The summed E-state index contributed by atoms with van der Waals surface area (Å²) in [6.07, 6.45) is 1.11. The summed E-state index contributed by atoms with van der Waals surface area (Å²) in [5.74, 6) is 0. The van der Waals surface area contributed by atoms with Crippen molar-refractivity contribution >= 4 is 6.09 Å². The van der Waals surface area contributed by atoms with Crippen LogP contribution in [-0.2, 0) is 4.74 Å². The lowest BCUT2D eigenvalue weighted by Crippen LogP contribution is -2.43. The first-order valence-electron chi connectivity index (χ1n) is 4.34. The van der Waals surface area contributed by atoms with Crippen LogP contribution in [0.1, 0.15) is 19.8 Å². The molecule has 0 saturated carbocycles. The Morgan fingerprint density at radius 3 is 3.00 bits per heavy atom. The maximum atomic E-state index is 11.1. The summed E-state index contributed by atoms with van der Waals surface area (Å²) in [6.45, 7) is 3.41. The van der Waals surface area contributed by atoms with E-state index in [1.54, 1.807) is 4.90 Å². The van der Waals surface area contributed by atoms with E-state index >= 15 is 0 Å². The fraction of sp³-hybridized carbons (Fsp3) is 0.875. The summed E-state index contributed by atoms with van der Waals surface area (Å²) in [4.78, 5) is 12.8. The highest BCUT2D eigenvalue weighted by molar-refractivity contribution is 5.68. The van der Waals surface area contributed by atoms with E-state index in [1.165, 1.54) is 0 Å². The molecule has 1 aliphatic rings. The molecule has 4 heteroatoms. The molecule has 1 N–H and O–H groups in total. The molecule has 1 unspecified atom stereocenters. The molecule has 1 heterocycles. The monoisotopic (exact) mass is 173 g/mol. The molecule has 1 atom stereocenters. The van der Waals surface area contributed by atoms with Gasteiger partial charge in [-0.25, -0.2) is 4.79 Å². The number of rotatable bonds is 3. The van der Waals surface area contributed by atoms with E-state index in [0.29, 0.717) is 6.54 Å². The van der Waals surface area contributed by atoms with Gasteiger partial charge < -0.3 is 14.7 Å². The predicted molar refractivity (Wildman–Crippen MR) is 43.8 cm³/mol. The van der Waals surface area contributed by atoms with Crippen LogP contribution in [0.15, 0.2) is 0 Å². The topological polar surface area (TPSA) is 49.8 Å². The summed E-state index contributed by atoms with van der Waals surface area (Å²) < 4.78 is 4.94. The molecule has 0 bridgehead atoms. The van der Waals surface area contributed by atoms with Gasteiger partial charge in [-0.05, 0) is 6.42 Å². The standard InChI is InChI=1S/C8H15NO3/c1-2-4-9-5-3-7(6-10)12-8(9)11/h7,10H,2-6H2,1H3. The van der Waals surface area contributed by atoms with Crippen molar-refractivity contribution in [3.05, 3.63) is 0 Å². The molecule has 0 spiro atoms. The van der Waals surface area contributed by atoms with Gasteiger partial charge in [0, 0.05) is 19.5 Å². The zero-order valence-electron chi connectivity index (χ0n) is 7.32. The van der Waals surface area contributed by atoms with Crippen LogP contribution in [0.2, 0.25) is 0 Å². The number of hydrogen-bond donors (Lipinski definition) is 1. The molecule has 0 aromatic carbocycles. The van der Waals surface area contributed by atoms with E-state index in [2.05, 4.69) is 0 Å². The van der Waals surface area contributed by atoms with Gasteiger partial charge in [0.1, 0.15) is 6.10 Å². The maximum absolute atomic E-state index is 11.1. The van der Waals surface area contributed by atoms with Crippen molar-refractivity contribution < 1.29 is 14.6 Å². The average Bonchev–Trinajstić information content (AvgIpc) is 2.09. The summed E-state index contributed by atoms with van der Waals surface area (Å²) >= 11 is 0. The Morgan fingerprint density at radius 2 is 2.50 bits per heavy atom. The zero-order chi connectivity index (χ0) is 8.97. The third kappa shape index (κ3) is 2.11. The first kappa shape index (κ1) is 9.32. The molecule has 1 rings (SSSR count). The van der Waals surface area contributed by atoms with Crippen LogP contribution in [-0.4, -0.2) is 41.9 Å². The second-order valence-corrected chi connectivity index (χ2v) is 2.96. The maximum Gasteiger partial charge on any atom is 0.410 e. The van der Waals surface area contributed by atoms with Gasteiger partial charge >= 0.3 is 6.09 Å². The number of nitrogens with zero attached hydrogens (tertiary/aromatic N) is 1. The zero-order valence-corrected chi connectivity index (χ0v) is 7.32. The molecule has 1 aliphatic heterocycles. The minimum Gasteiger partial charge on any atom is -0.444 e. The van der Waals surface area contributed by atoms with Gasteiger partial charge in [-0.15, -0.1) is 0 Å². The van der Waals surface area contributed by atoms with Crippen molar-refractivity contribution in [2.24, 2.45) is 0 Å². The van der Waals surface area contributed by atoms with E-state index in [4.69, 9.17) is 9.84 Å². The number of carbonyl (C=O) groups excluding carboxylic acids is 1. The van der Waals surface area contributed by atoms with Crippen LogP contribution in [0.25, 0.3) is 0 Å². The second kappa shape index (κ2) is 4.30. The lowest BCUT2D eigenvalue weighted by molar-refractivity contribution is -0.000852. The van der Waals surface area contributed by atoms with Crippen LogP contribution in [0.4, 0.5) is 4.79 Å². The Kier molecular flexibility index (Phi) is 3.34. The smallest absolute Gasteiger partial charge is 0.410 e. The van der Waals surface area contributed by atoms with E-state index in [0.717, 1.165) is 19.4 Å². The largest absolute Gasteiger partial charge is 0.444 e. The molecule has 0 aromatic heterocycles. The van der Waals surface area contributed by atoms with Crippen LogP contribution in [0.5, 0.6) is 0 Å². The summed E-state index contributed by atoms with van der Waals surface area (Å²) in [6, 6.07) is 0. The quantitative estimate of drug-likeness (QED) is 0.680. The Labute approximate surface area is 72.1 Å². The van der Waals surface area contributed by atoms with Gasteiger partial charge in [0.2, 0.25) is 0 Å². The summed E-state index contributed by atoms with van der Waals surface area (Å²) in [5, 5.41) is 8.73. The summed E-state index contributed by atoms with van der Waals surface area (Å²) in [7, 11) is 0. The van der Waals surface area contributed by atoms with Crippen molar-refractivity contribution in [1.29, 1.82) is 0 Å². The average molecular weight is 173 g/mol. The molecule has 1 fully saturated rings. The second-order valence-electron chi connectivity index (χ2n) is 2.96. The van der Waals surface area contributed by atoms with E-state index < -0.39 is 0 Å². The van der Waals surface area contributed by atoms with E-state index in [-0.39, 0.29) is 18.8 Å². The number of cyclic esters (lactones) is 1. The van der Waals surface area contributed by atoms with Crippen molar-refractivity contribution in [1.82, 2.24) is 4.90 Å². The lowest BCUT2D eigenvalue weighted by Gasteiger charge is -2.30. The minimum absolute atomic E-state index is 0.0638. The number of aliphatic hydroxyl groups is 1. The molecule has 0 aliphatic carbocycles. The molecular formula is C8H15NO3. The minimum atomic E-state index is -0.290. The molecule has 12 heavy (non-hydrogen) atoms. The predicted octanol–water partition coefficient (Wildman–Crippen LogP) is 0.600. The highest BCUT2D eigenvalue weighted by Crippen LogP contribution is 2.11. The van der Waals surface area contributed by atoms with Gasteiger partial charge in [-0.1, -0.05) is 6.92 Å². The van der Waals surface area contributed by atoms with Crippen LogP contribution in [0, 0.1) is 0 Å². The van der Waals surface area contributed by atoms with E-state index in [1.807, 2.05) is 6.92 Å². The van der Waals surface area contributed by atoms with Crippen molar-refractivity contribution in [3.8, 4) is 0 Å². The van der Waals surface area contributed by atoms with Gasteiger partial charge in [0.15, 0.2) is 0 Å². The Bertz CT molecular complexity index is 160. The van der Waals surface area contributed by atoms with Gasteiger partial charge in [0.05, 0.1) is 6.61 Å². The SMILES string of the molecule is CCCN1CCC(CO)OC1=O. The molecular weight excluding hydrogens is 158 g/mol. The van der Waals surface area contributed by atoms with Crippen LogP contribution < -0.4 is 0 Å². The fourth-order valence-electron chi connectivity index (χ4n) is 1.27. The molecule has 1 amide bonds. The van der Waals surface area contributed by atoms with Gasteiger partial charge in [0.25, 0.3) is 0 Å². The summed E-state index contributed by atoms with van der Waals surface area (Å²) in [5.41, 5.74) is 0. The Morgan fingerprint density at radius 1 is 1.75 bits per heavy atom. The molecule has 0 radical (unpaired) electrons. The van der Waals surface area contributed by atoms with Crippen LogP contribution >= 0.6 is 0 Å². The van der Waals surface area contributed by atoms with Crippen molar-refractivity contribution in [3.63, 3.8) is 0 Å². The molecule has 0 aromatic rings. The van der Waals surface area contributed by atoms with Gasteiger partial charge in [-0.2, -0.15) is 0 Å². The number of amides is 1. The van der Waals surface area contributed by atoms with Crippen LogP contribution in [0.3, 0.4) is 0 Å².